The monoisotopic (exact) mass is 183 g/mol. The summed E-state index contributed by atoms with van der Waals surface area (Å²) in [6.45, 7) is 1.71. The molecule has 2 N–H and O–H groups in total. The highest BCUT2D eigenvalue weighted by atomic mass is 35.5. The van der Waals surface area contributed by atoms with Gasteiger partial charge < -0.3 is 15.2 Å². The number of hydrogen-bond donors (Lipinski definition) is 1. The van der Waals surface area contributed by atoms with Crippen LogP contribution in [0.1, 0.15) is 6.92 Å². The van der Waals surface area contributed by atoms with Gasteiger partial charge in [-0.3, -0.25) is 4.79 Å². The largest absolute Gasteiger partial charge is 0.468 e. The van der Waals surface area contributed by atoms with Crippen LogP contribution in [-0.4, -0.2) is 32.3 Å². The normalized spacial score (nSPS) is 14.5. The Morgan fingerprint density at radius 2 is 1.91 bits per heavy atom. The zero-order valence-corrected chi connectivity index (χ0v) is 7.68. The minimum atomic E-state index is -0.685. The van der Waals surface area contributed by atoms with Crippen molar-refractivity contribution in [3.05, 3.63) is 0 Å². The number of esters is 1. The van der Waals surface area contributed by atoms with Gasteiger partial charge in [0.15, 0.2) is 0 Å². The maximum atomic E-state index is 10.7. The molecule has 0 spiro atoms. The summed E-state index contributed by atoms with van der Waals surface area (Å²) in [7, 11) is 2.79. The van der Waals surface area contributed by atoms with Crippen LogP contribution in [0.25, 0.3) is 0 Å². The Labute approximate surface area is 72.4 Å². The maximum Gasteiger partial charge on any atom is 0.325 e. The quantitative estimate of drug-likeness (QED) is 0.623. The van der Waals surface area contributed by atoms with Crippen molar-refractivity contribution >= 4 is 18.4 Å². The fourth-order valence-corrected chi connectivity index (χ4v) is 0.474. The standard InChI is InChI=1S/C6H13NO3.ClH/c1-4(9-2)5(7)6(8)10-3;/h4-5H,7H2,1-3H3;1H. The van der Waals surface area contributed by atoms with Crippen molar-refractivity contribution in [1.82, 2.24) is 0 Å². The van der Waals surface area contributed by atoms with Gasteiger partial charge in [-0.2, -0.15) is 0 Å². The van der Waals surface area contributed by atoms with Crippen molar-refractivity contribution in [1.29, 1.82) is 0 Å². The fraction of sp³-hybridized carbons (Fsp3) is 0.833. The van der Waals surface area contributed by atoms with E-state index in [4.69, 9.17) is 10.5 Å². The highest BCUT2D eigenvalue weighted by Crippen LogP contribution is 1.95. The molecule has 0 fully saturated rings. The van der Waals surface area contributed by atoms with Gasteiger partial charge in [-0.1, -0.05) is 0 Å². The van der Waals surface area contributed by atoms with E-state index in [-0.39, 0.29) is 18.5 Å². The molecule has 68 valence electrons. The summed E-state index contributed by atoms with van der Waals surface area (Å²) in [5, 5.41) is 0. The summed E-state index contributed by atoms with van der Waals surface area (Å²) >= 11 is 0. The minimum Gasteiger partial charge on any atom is -0.468 e. The molecular weight excluding hydrogens is 170 g/mol. The Morgan fingerprint density at radius 1 is 1.45 bits per heavy atom. The Morgan fingerprint density at radius 3 is 2.18 bits per heavy atom. The van der Waals surface area contributed by atoms with Gasteiger partial charge >= 0.3 is 5.97 Å². The van der Waals surface area contributed by atoms with Crippen molar-refractivity contribution < 1.29 is 14.3 Å². The Balaban J connectivity index is 0. The third-order valence-corrected chi connectivity index (χ3v) is 1.35. The Bertz CT molecular complexity index is 120. The summed E-state index contributed by atoms with van der Waals surface area (Å²) in [5.41, 5.74) is 5.38. The molecule has 0 amide bonds. The molecule has 0 aromatic carbocycles. The number of nitrogens with two attached hydrogens (primary N) is 1. The smallest absolute Gasteiger partial charge is 0.325 e. The van der Waals surface area contributed by atoms with Gasteiger partial charge in [0.1, 0.15) is 6.04 Å². The van der Waals surface area contributed by atoms with Crippen LogP contribution >= 0.6 is 12.4 Å². The molecular formula is C6H14ClNO3. The van der Waals surface area contributed by atoms with Crippen LogP contribution in [-0.2, 0) is 14.3 Å². The summed E-state index contributed by atoms with van der Waals surface area (Å²) in [4.78, 5) is 10.7. The molecule has 5 heteroatoms. The Kier molecular flexibility index (Phi) is 7.72. The van der Waals surface area contributed by atoms with Crippen molar-refractivity contribution in [3.8, 4) is 0 Å². The van der Waals surface area contributed by atoms with Gasteiger partial charge in [-0.15, -0.1) is 12.4 Å². The van der Waals surface area contributed by atoms with E-state index in [2.05, 4.69) is 4.74 Å². The number of methoxy groups -OCH3 is 2. The first-order valence-corrected chi connectivity index (χ1v) is 2.99. The molecule has 0 rings (SSSR count). The third kappa shape index (κ3) is 4.19. The minimum absolute atomic E-state index is 0. The van der Waals surface area contributed by atoms with Crippen molar-refractivity contribution in [2.24, 2.45) is 5.73 Å². The van der Waals surface area contributed by atoms with Gasteiger partial charge in [0.05, 0.1) is 13.2 Å². The lowest BCUT2D eigenvalue weighted by Crippen LogP contribution is -2.41. The molecule has 0 heterocycles. The molecule has 0 aliphatic heterocycles. The second kappa shape index (κ2) is 6.39. The lowest BCUT2D eigenvalue weighted by Gasteiger charge is -2.15. The molecule has 4 nitrogen and oxygen atoms in total. The van der Waals surface area contributed by atoms with E-state index in [1.807, 2.05) is 0 Å². The van der Waals surface area contributed by atoms with Crippen LogP contribution in [0.4, 0.5) is 0 Å². The van der Waals surface area contributed by atoms with Crippen LogP contribution in [0, 0.1) is 0 Å². The molecule has 0 aromatic rings. The third-order valence-electron chi connectivity index (χ3n) is 1.35. The van der Waals surface area contributed by atoms with Gasteiger partial charge in [-0.05, 0) is 6.92 Å². The van der Waals surface area contributed by atoms with Crippen LogP contribution in [0.2, 0.25) is 0 Å². The zero-order valence-electron chi connectivity index (χ0n) is 6.87. The van der Waals surface area contributed by atoms with Gasteiger partial charge in [0, 0.05) is 7.11 Å². The summed E-state index contributed by atoms with van der Waals surface area (Å²) in [5.74, 6) is -0.450. The van der Waals surface area contributed by atoms with Crippen molar-refractivity contribution in [2.75, 3.05) is 14.2 Å². The first-order valence-electron chi connectivity index (χ1n) is 2.99. The SMILES string of the molecule is COC(=O)C(N)C(C)OC.Cl. The lowest BCUT2D eigenvalue weighted by atomic mass is 10.2. The second-order valence-corrected chi connectivity index (χ2v) is 1.99. The molecule has 0 saturated heterocycles. The first kappa shape index (κ1) is 13.3. The predicted octanol–water partition coefficient (Wildman–Crippen LogP) is -0.0566. The fourth-order valence-electron chi connectivity index (χ4n) is 0.474. The van der Waals surface area contributed by atoms with E-state index >= 15 is 0 Å². The van der Waals surface area contributed by atoms with Gasteiger partial charge in [-0.25, -0.2) is 0 Å². The van der Waals surface area contributed by atoms with Gasteiger partial charge in [0.2, 0.25) is 0 Å². The van der Waals surface area contributed by atoms with E-state index in [1.54, 1.807) is 6.92 Å². The number of halogens is 1. The second-order valence-electron chi connectivity index (χ2n) is 1.99. The average Bonchev–Trinajstić information content (AvgIpc) is 2.00. The highest BCUT2D eigenvalue weighted by molar-refractivity contribution is 5.85. The highest BCUT2D eigenvalue weighted by Gasteiger charge is 2.20. The molecule has 0 aliphatic carbocycles. The molecule has 0 bridgehead atoms. The van der Waals surface area contributed by atoms with E-state index in [9.17, 15) is 4.79 Å². The number of carbonyl (C=O) groups is 1. The molecule has 0 radical (unpaired) electrons. The van der Waals surface area contributed by atoms with E-state index in [0.717, 1.165) is 0 Å². The number of hydrogen-bond acceptors (Lipinski definition) is 4. The maximum absolute atomic E-state index is 10.7. The van der Waals surface area contributed by atoms with Crippen LogP contribution in [0.15, 0.2) is 0 Å². The molecule has 0 aliphatic rings. The van der Waals surface area contributed by atoms with E-state index < -0.39 is 12.0 Å². The molecule has 0 aromatic heterocycles. The van der Waals surface area contributed by atoms with Crippen LogP contribution in [0.3, 0.4) is 0 Å². The number of rotatable bonds is 3. The summed E-state index contributed by atoms with van der Waals surface area (Å²) in [6, 6.07) is -0.685. The zero-order chi connectivity index (χ0) is 8.15. The lowest BCUT2D eigenvalue weighted by molar-refractivity contribution is -0.145. The average molecular weight is 184 g/mol. The topological polar surface area (TPSA) is 61.5 Å². The molecule has 11 heavy (non-hydrogen) atoms. The number of ether oxygens (including phenoxy) is 2. The van der Waals surface area contributed by atoms with E-state index in [0.29, 0.717) is 0 Å². The van der Waals surface area contributed by atoms with Crippen molar-refractivity contribution in [2.45, 2.75) is 19.1 Å². The first-order chi connectivity index (χ1) is 4.63. The van der Waals surface area contributed by atoms with Gasteiger partial charge in [0.25, 0.3) is 0 Å². The summed E-state index contributed by atoms with van der Waals surface area (Å²) in [6.07, 6.45) is -0.299. The molecule has 0 saturated carbocycles. The molecule has 2 unspecified atom stereocenters. The van der Waals surface area contributed by atoms with E-state index in [1.165, 1.54) is 14.2 Å². The predicted molar refractivity (Wildman–Crippen MR) is 43.7 cm³/mol. The Hall–Kier alpha value is -0.320. The van der Waals surface area contributed by atoms with Crippen LogP contribution < -0.4 is 5.73 Å². The van der Waals surface area contributed by atoms with Crippen LogP contribution in [0.5, 0.6) is 0 Å². The number of carbonyl (C=O) groups excluding carboxylic acids is 1. The molecule has 2 atom stereocenters. The summed E-state index contributed by atoms with van der Waals surface area (Å²) < 4.78 is 9.20. The van der Waals surface area contributed by atoms with Crippen molar-refractivity contribution in [3.63, 3.8) is 0 Å².